The maximum Gasteiger partial charge on any atom is 0.410 e. The number of halogens is 1. The molecule has 1 saturated heterocycles. The first-order valence-electron chi connectivity index (χ1n) is 8.51. The fourth-order valence-corrected chi connectivity index (χ4v) is 3.53. The highest BCUT2D eigenvalue weighted by atomic mass is 32.1. The predicted molar refractivity (Wildman–Crippen MR) is 103 cm³/mol. The Morgan fingerprint density at radius 2 is 2.18 bits per heavy atom. The Balaban J connectivity index is 1.69. The number of piperidine rings is 1. The Morgan fingerprint density at radius 3 is 2.86 bits per heavy atom. The summed E-state index contributed by atoms with van der Waals surface area (Å²) in [6, 6.07) is 0.257. The summed E-state index contributed by atoms with van der Waals surface area (Å²) in [6.45, 7) is 2.41. The minimum Gasteiger partial charge on any atom is -0.465 e. The minimum absolute atomic E-state index is 0.127. The summed E-state index contributed by atoms with van der Waals surface area (Å²) in [5, 5.41) is 14.1. The maximum absolute atomic E-state index is 14.5. The molecule has 12 heteroatoms. The average Bonchev–Trinajstić information content (AvgIpc) is 3.06. The van der Waals surface area contributed by atoms with Crippen molar-refractivity contribution >= 4 is 40.4 Å². The summed E-state index contributed by atoms with van der Waals surface area (Å²) in [4.78, 5) is 39.6. The van der Waals surface area contributed by atoms with Crippen molar-refractivity contribution in [2.45, 2.75) is 25.6 Å². The zero-order chi connectivity index (χ0) is 20.3. The normalized spacial score (nSPS) is 19.2. The Bertz CT molecular complexity index is 864. The van der Waals surface area contributed by atoms with E-state index in [1.165, 1.54) is 35.5 Å². The second-order valence-electron chi connectivity index (χ2n) is 6.31. The van der Waals surface area contributed by atoms with Gasteiger partial charge in [0.2, 0.25) is 5.95 Å². The van der Waals surface area contributed by atoms with Crippen LogP contribution >= 0.6 is 11.3 Å². The van der Waals surface area contributed by atoms with Gasteiger partial charge >= 0.3 is 12.1 Å². The van der Waals surface area contributed by atoms with Crippen LogP contribution in [0.25, 0.3) is 0 Å². The lowest BCUT2D eigenvalue weighted by Crippen LogP contribution is -2.55. The minimum atomic E-state index is -1.24. The molecular formula is C16H20FN7O3S. The van der Waals surface area contributed by atoms with Crippen LogP contribution in [0.15, 0.2) is 18.5 Å². The molecule has 2 unspecified atom stereocenters. The van der Waals surface area contributed by atoms with Gasteiger partial charge in [-0.3, -0.25) is 10.6 Å². The molecule has 3 rings (SSSR count). The van der Waals surface area contributed by atoms with Crippen LogP contribution in [0.4, 0.5) is 30.9 Å². The highest BCUT2D eigenvalue weighted by molar-refractivity contribution is 7.15. The number of aromatic nitrogens is 3. The first-order valence-corrected chi connectivity index (χ1v) is 9.33. The standard InChI is InChI=1S/C16H20FN7O3S/c1-9-7-19-14(28-9)22-15(25)23(2)11-8-24(6-4-10(11)17)13-18-5-3-12(20-13)21-16(26)27/h3,5,7,10-11H,4,6,8H2,1-2H3,(H,26,27)(H,18,20,21)(H,19,22,25). The molecule has 1 fully saturated rings. The molecule has 2 aromatic rings. The number of nitrogens with one attached hydrogen (secondary N) is 2. The van der Waals surface area contributed by atoms with Crippen LogP contribution in [-0.2, 0) is 0 Å². The maximum atomic E-state index is 14.5. The van der Waals surface area contributed by atoms with E-state index in [9.17, 15) is 14.0 Å². The Kier molecular flexibility index (Phi) is 5.87. The first kappa shape index (κ1) is 19.7. The third kappa shape index (κ3) is 4.63. The predicted octanol–water partition coefficient (Wildman–Crippen LogP) is 2.41. The average molecular weight is 409 g/mol. The quantitative estimate of drug-likeness (QED) is 0.708. The molecule has 0 bridgehead atoms. The van der Waals surface area contributed by atoms with E-state index in [2.05, 4.69) is 25.6 Å². The van der Waals surface area contributed by atoms with Gasteiger partial charge in [-0.25, -0.2) is 23.9 Å². The number of thiazole rings is 1. The van der Waals surface area contributed by atoms with Crippen LogP contribution in [0.5, 0.6) is 0 Å². The van der Waals surface area contributed by atoms with Gasteiger partial charge in [0, 0.05) is 37.4 Å². The lowest BCUT2D eigenvalue weighted by atomic mass is 10.0. The van der Waals surface area contributed by atoms with E-state index in [4.69, 9.17) is 5.11 Å². The monoisotopic (exact) mass is 409 g/mol. The van der Waals surface area contributed by atoms with Gasteiger partial charge in [0.15, 0.2) is 5.13 Å². The number of alkyl halides is 1. The largest absolute Gasteiger partial charge is 0.465 e. The molecule has 3 heterocycles. The summed E-state index contributed by atoms with van der Waals surface area (Å²) < 4.78 is 14.5. The number of carbonyl (C=O) groups is 2. The van der Waals surface area contributed by atoms with Crippen LogP contribution in [0.3, 0.4) is 0 Å². The molecule has 150 valence electrons. The second kappa shape index (κ2) is 8.33. The summed E-state index contributed by atoms with van der Waals surface area (Å²) in [5.41, 5.74) is 0. The van der Waals surface area contributed by atoms with Crippen LogP contribution in [-0.4, -0.2) is 69.4 Å². The SMILES string of the molecule is Cc1cnc(NC(=O)N(C)C2CN(c3nccc(NC(=O)O)n3)CCC2F)s1. The van der Waals surface area contributed by atoms with Crippen molar-refractivity contribution in [3.8, 4) is 0 Å². The van der Waals surface area contributed by atoms with Crippen LogP contribution in [0.2, 0.25) is 0 Å². The van der Waals surface area contributed by atoms with Gasteiger partial charge in [-0.1, -0.05) is 0 Å². The topological polar surface area (TPSA) is 124 Å². The molecule has 28 heavy (non-hydrogen) atoms. The van der Waals surface area contributed by atoms with Gasteiger partial charge in [-0.05, 0) is 19.4 Å². The number of nitrogens with zero attached hydrogens (tertiary/aromatic N) is 5. The van der Waals surface area contributed by atoms with Crippen molar-refractivity contribution in [3.63, 3.8) is 0 Å². The fraction of sp³-hybridized carbons (Fsp3) is 0.438. The van der Waals surface area contributed by atoms with Gasteiger partial charge in [-0.2, -0.15) is 4.98 Å². The van der Waals surface area contributed by atoms with E-state index in [1.54, 1.807) is 11.1 Å². The van der Waals surface area contributed by atoms with Crippen LogP contribution < -0.4 is 15.5 Å². The molecule has 0 saturated carbocycles. The van der Waals surface area contributed by atoms with E-state index in [-0.39, 0.29) is 24.7 Å². The highest BCUT2D eigenvalue weighted by Crippen LogP contribution is 2.24. The van der Waals surface area contributed by atoms with Crippen molar-refractivity contribution in [1.82, 2.24) is 19.9 Å². The molecular weight excluding hydrogens is 389 g/mol. The molecule has 0 spiro atoms. The third-order valence-electron chi connectivity index (χ3n) is 4.31. The zero-order valence-corrected chi connectivity index (χ0v) is 16.1. The van der Waals surface area contributed by atoms with Gasteiger partial charge in [0.1, 0.15) is 12.0 Å². The van der Waals surface area contributed by atoms with Crippen molar-refractivity contribution in [1.29, 1.82) is 0 Å². The smallest absolute Gasteiger partial charge is 0.410 e. The number of hydrogen-bond donors (Lipinski definition) is 3. The van der Waals surface area contributed by atoms with Gasteiger partial charge in [0.25, 0.3) is 0 Å². The second-order valence-corrected chi connectivity index (χ2v) is 7.54. The number of carbonyl (C=O) groups excluding carboxylic acids is 1. The van der Waals surface area contributed by atoms with E-state index in [0.29, 0.717) is 11.7 Å². The molecule has 0 aromatic carbocycles. The number of carboxylic acid groups (broad SMARTS) is 1. The molecule has 10 nitrogen and oxygen atoms in total. The Labute approximate surface area is 164 Å². The van der Waals surface area contributed by atoms with Crippen molar-refractivity contribution in [3.05, 3.63) is 23.3 Å². The molecule has 1 aliphatic heterocycles. The highest BCUT2D eigenvalue weighted by Gasteiger charge is 2.35. The molecule has 3 amide bonds. The summed E-state index contributed by atoms with van der Waals surface area (Å²) in [7, 11) is 1.53. The molecule has 2 atom stereocenters. The number of urea groups is 1. The number of rotatable bonds is 4. The number of aryl methyl sites for hydroxylation is 1. The van der Waals surface area contributed by atoms with Crippen molar-refractivity contribution in [2.24, 2.45) is 0 Å². The van der Waals surface area contributed by atoms with E-state index in [1.807, 2.05) is 6.92 Å². The van der Waals surface area contributed by atoms with Gasteiger partial charge < -0.3 is 14.9 Å². The number of likely N-dealkylation sites (N-methyl/N-ethyl adjacent to an activating group) is 1. The number of amides is 3. The lowest BCUT2D eigenvalue weighted by molar-refractivity contribution is 0.133. The van der Waals surface area contributed by atoms with Gasteiger partial charge in [-0.15, -0.1) is 11.3 Å². The zero-order valence-electron chi connectivity index (χ0n) is 15.3. The fourth-order valence-electron chi connectivity index (χ4n) is 2.87. The molecule has 1 aliphatic rings. The van der Waals surface area contributed by atoms with Crippen molar-refractivity contribution in [2.75, 3.05) is 35.7 Å². The summed E-state index contributed by atoms with van der Waals surface area (Å²) >= 11 is 1.34. The third-order valence-corrected chi connectivity index (χ3v) is 5.14. The van der Waals surface area contributed by atoms with Crippen molar-refractivity contribution < 1.29 is 19.1 Å². The molecule has 0 radical (unpaired) electrons. The van der Waals surface area contributed by atoms with E-state index < -0.39 is 24.3 Å². The first-order chi connectivity index (χ1) is 13.3. The number of hydrogen-bond acceptors (Lipinski definition) is 7. The number of anilines is 3. The molecule has 0 aliphatic carbocycles. The summed E-state index contributed by atoms with van der Waals surface area (Å²) in [5.74, 6) is 0.397. The summed E-state index contributed by atoms with van der Waals surface area (Å²) in [6.07, 6.45) is 0.823. The lowest BCUT2D eigenvalue weighted by Gasteiger charge is -2.39. The van der Waals surface area contributed by atoms with E-state index in [0.717, 1.165) is 4.88 Å². The van der Waals surface area contributed by atoms with E-state index >= 15 is 0 Å². The molecule has 2 aromatic heterocycles. The Hall–Kier alpha value is -3.02. The van der Waals surface area contributed by atoms with Gasteiger partial charge in [0.05, 0.1) is 6.04 Å². The molecule has 3 N–H and O–H groups in total. The van der Waals surface area contributed by atoms with Crippen LogP contribution in [0.1, 0.15) is 11.3 Å². The Morgan fingerprint density at radius 1 is 1.39 bits per heavy atom. The van der Waals surface area contributed by atoms with Crippen LogP contribution in [0, 0.1) is 6.92 Å².